The predicted octanol–water partition coefficient (Wildman–Crippen LogP) is 4.83. The number of methoxy groups -OCH3 is 2. The smallest absolute Gasteiger partial charge is 0.182 e. The van der Waals surface area contributed by atoms with Crippen LogP contribution in [0.1, 0.15) is 5.56 Å². The first-order valence-electron chi connectivity index (χ1n) is 9.58. The Morgan fingerprint density at radius 2 is 1.39 bits per heavy atom. The summed E-state index contributed by atoms with van der Waals surface area (Å²) in [7, 11) is 1.67. The molecule has 4 rings (SSSR count). The lowest BCUT2D eigenvalue weighted by Crippen LogP contribution is -2.11. The van der Waals surface area contributed by atoms with Crippen LogP contribution in [0.4, 0.5) is 17.3 Å². The molecule has 0 radical (unpaired) electrons. The molecule has 0 aliphatic carbocycles. The third kappa shape index (κ3) is 4.59. The van der Waals surface area contributed by atoms with Crippen LogP contribution in [-0.2, 0) is 11.0 Å². The van der Waals surface area contributed by atoms with Crippen molar-refractivity contribution in [2.45, 2.75) is 11.8 Å². The molecule has 8 heteroatoms. The summed E-state index contributed by atoms with van der Waals surface area (Å²) in [4.78, 5) is 10.0. The second-order valence-electron chi connectivity index (χ2n) is 6.77. The number of hydrogen-bond donors (Lipinski definition) is 2. The Hall–Kier alpha value is -3.65. The average molecular weight is 435 g/mol. The maximum Gasteiger partial charge on any atom is 0.182 e. The molecule has 0 spiro atoms. The van der Waals surface area contributed by atoms with E-state index in [2.05, 4.69) is 15.0 Å². The monoisotopic (exact) mass is 434 g/mol. The van der Waals surface area contributed by atoms with Gasteiger partial charge in [-0.1, -0.05) is 30.3 Å². The third-order valence-corrected chi connectivity index (χ3v) is 5.90. The van der Waals surface area contributed by atoms with E-state index in [-0.39, 0.29) is 0 Å². The third-order valence-electron chi connectivity index (χ3n) is 4.67. The van der Waals surface area contributed by atoms with Gasteiger partial charge in [0.1, 0.15) is 11.5 Å². The number of benzene rings is 3. The number of nitrogens with one attached hydrogen (secondary N) is 2. The van der Waals surface area contributed by atoms with Gasteiger partial charge in [-0.2, -0.15) is 0 Å². The molecule has 0 aliphatic heterocycles. The molecule has 31 heavy (non-hydrogen) atoms. The van der Waals surface area contributed by atoms with Gasteiger partial charge < -0.3 is 14.8 Å². The van der Waals surface area contributed by atoms with Crippen LogP contribution in [0, 0.1) is 6.92 Å². The van der Waals surface area contributed by atoms with Crippen LogP contribution < -0.4 is 19.5 Å². The molecule has 0 fully saturated rings. The SMILES string of the molecule is COc1cc(Nc2nc3ccccc3nc2NS(=O)c2ccccc2C)cc(OC)c1. The van der Waals surface area contributed by atoms with Gasteiger partial charge in [0.25, 0.3) is 0 Å². The van der Waals surface area contributed by atoms with Gasteiger partial charge in [0.2, 0.25) is 0 Å². The van der Waals surface area contributed by atoms with Gasteiger partial charge in [-0.3, -0.25) is 4.72 Å². The number of aromatic nitrogens is 2. The Bertz CT molecular complexity index is 1240. The van der Waals surface area contributed by atoms with Crippen LogP contribution >= 0.6 is 0 Å². The van der Waals surface area contributed by atoms with Gasteiger partial charge in [0.05, 0.1) is 30.1 Å². The maximum absolute atomic E-state index is 13.0. The summed E-state index contributed by atoms with van der Waals surface area (Å²) in [5, 5.41) is 3.25. The minimum Gasteiger partial charge on any atom is -0.497 e. The summed E-state index contributed by atoms with van der Waals surface area (Å²) < 4.78 is 26.8. The molecule has 7 nitrogen and oxygen atoms in total. The number of fused-ring (bicyclic) bond motifs is 1. The molecule has 0 bridgehead atoms. The summed E-state index contributed by atoms with van der Waals surface area (Å²) in [5.41, 5.74) is 3.03. The molecule has 158 valence electrons. The first-order chi connectivity index (χ1) is 15.1. The second-order valence-corrected chi connectivity index (χ2v) is 7.95. The molecule has 2 N–H and O–H groups in total. The Labute approximate surface area is 183 Å². The summed E-state index contributed by atoms with van der Waals surface area (Å²) in [6.07, 6.45) is 0. The highest BCUT2D eigenvalue weighted by Crippen LogP contribution is 2.31. The van der Waals surface area contributed by atoms with E-state index in [4.69, 9.17) is 14.5 Å². The van der Waals surface area contributed by atoms with Crippen molar-refractivity contribution in [3.63, 3.8) is 0 Å². The van der Waals surface area contributed by atoms with Crippen LogP contribution in [0.3, 0.4) is 0 Å². The highest BCUT2D eigenvalue weighted by Gasteiger charge is 2.15. The Kier molecular flexibility index (Phi) is 5.99. The number of nitrogens with zero attached hydrogens (tertiary/aromatic N) is 2. The largest absolute Gasteiger partial charge is 0.497 e. The van der Waals surface area contributed by atoms with E-state index in [0.29, 0.717) is 44.8 Å². The molecule has 1 aromatic heterocycles. The number of ether oxygens (including phenoxy) is 2. The van der Waals surface area contributed by atoms with E-state index in [1.54, 1.807) is 20.3 Å². The normalized spacial score (nSPS) is 11.7. The summed E-state index contributed by atoms with van der Waals surface area (Å²) >= 11 is 0. The molecule has 1 unspecified atom stereocenters. The molecule has 0 saturated carbocycles. The van der Waals surface area contributed by atoms with Crippen LogP contribution in [-0.4, -0.2) is 28.4 Å². The lowest BCUT2D eigenvalue weighted by atomic mass is 10.2. The minimum absolute atomic E-state index is 0.377. The van der Waals surface area contributed by atoms with Crippen molar-refractivity contribution >= 4 is 39.3 Å². The van der Waals surface area contributed by atoms with Crippen molar-refractivity contribution < 1.29 is 13.7 Å². The van der Waals surface area contributed by atoms with Crippen molar-refractivity contribution in [2.24, 2.45) is 0 Å². The lowest BCUT2D eigenvalue weighted by molar-refractivity contribution is 0.395. The van der Waals surface area contributed by atoms with Gasteiger partial charge in [-0.15, -0.1) is 0 Å². The van der Waals surface area contributed by atoms with Crippen LogP contribution in [0.5, 0.6) is 11.5 Å². The fraction of sp³-hybridized carbons (Fsp3) is 0.130. The first kappa shape index (κ1) is 20.6. The van der Waals surface area contributed by atoms with E-state index in [1.807, 2.05) is 67.6 Å². The van der Waals surface area contributed by atoms with Gasteiger partial charge >= 0.3 is 0 Å². The van der Waals surface area contributed by atoms with E-state index in [1.165, 1.54) is 0 Å². The Morgan fingerprint density at radius 1 is 0.806 bits per heavy atom. The van der Waals surface area contributed by atoms with Crippen molar-refractivity contribution in [3.8, 4) is 11.5 Å². The number of para-hydroxylation sites is 2. The van der Waals surface area contributed by atoms with Crippen molar-refractivity contribution in [3.05, 3.63) is 72.3 Å². The van der Waals surface area contributed by atoms with Gasteiger partial charge in [-0.25, -0.2) is 14.2 Å². The molecule has 3 aromatic carbocycles. The molecule has 1 atom stereocenters. The zero-order valence-electron chi connectivity index (χ0n) is 17.4. The Morgan fingerprint density at radius 3 is 2.00 bits per heavy atom. The molecular formula is C23H22N4O3S. The van der Waals surface area contributed by atoms with E-state index >= 15 is 0 Å². The highest BCUT2D eigenvalue weighted by molar-refractivity contribution is 7.86. The number of anilines is 3. The van der Waals surface area contributed by atoms with Gasteiger partial charge in [0.15, 0.2) is 22.6 Å². The molecule has 0 aliphatic rings. The van der Waals surface area contributed by atoms with Crippen molar-refractivity contribution in [1.29, 1.82) is 0 Å². The number of rotatable bonds is 7. The van der Waals surface area contributed by atoms with Crippen LogP contribution in [0.15, 0.2) is 71.6 Å². The van der Waals surface area contributed by atoms with Gasteiger partial charge in [0, 0.05) is 23.9 Å². The predicted molar refractivity (Wildman–Crippen MR) is 124 cm³/mol. The molecule has 4 aromatic rings. The molecule has 0 saturated heterocycles. The zero-order chi connectivity index (χ0) is 21.8. The second kappa shape index (κ2) is 9.01. The van der Waals surface area contributed by atoms with Gasteiger partial charge in [-0.05, 0) is 30.7 Å². The number of aryl methyl sites for hydroxylation is 1. The molecule has 1 heterocycles. The standard InChI is InChI=1S/C23H22N4O3S/c1-15-8-4-7-11-21(15)31(28)27-23-22(25-19-9-5-6-10-20(19)26-23)24-16-12-17(29-2)14-18(13-16)30-3/h4-14H,1-3H3,(H,24,25)(H,26,27). The van der Waals surface area contributed by atoms with Crippen molar-refractivity contribution in [1.82, 2.24) is 9.97 Å². The zero-order valence-corrected chi connectivity index (χ0v) is 18.2. The summed E-state index contributed by atoms with van der Waals surface area (Å²) in [6, 6.07) is 20.5. The van der Waals surface area contributed by atoms with Crippen LogP contribution in [0.2, 0.25) is 0 Å². The first-order valence-corrected chi connectivity index (χ1v) is 10.7. The summed E-state index contributed by atoms with van der Waals surface area (Å²) in [5.74, 6) is 2.08. The van der Waals surface area contributed by atoms with Crippen molar-refractivity contribution in [2.75, 3.05) is 24.3 Å². The van der Waals surface area contributed by atoms with E-state index < -0.39 is 11.0 Å². The van der Waals surface area contributed by atoms with Crippen LogP contribution in [0.25, 0.3) is 11.0 Å². The molecular weight excluding hydrogens is 412 g/mol. The highest BCUT2D eigenvalue weighted by atomic mass is 32.2. The quantitative estimate of drug-likeness (QED) is 0.433. The fourth-order valence-corrected chi connectivity index (χ4v) is 4.07. The summed E-state index contributed by atoms with van der Waals surface area (Å²) in [6.45, 7) is 1.92. The van der Waals surface area contributed by atoms with E-state index in [9.17, 15) is 4.21 Å². The number of hydrogen-bond acceptors (Lipinski definition) is 6. The lowest BCUT2D eigenvalue weighted by Gasteiger charge is -2.15. The Balaban J connectivity index is 1.75. The fourth-order valence-electron chi connectivity index (χ4n) is 3.08. The molecule has 0 amide bonds. The minimum atomic E-state index is -1.51. The average Bonchev–Trinajstić information content (AvgIpc) is 2.79. The van der Waals surface area contributed by atoms with E-state index in [0.717, 1.165) is 5.56 Å². The maximum atomic E-state index is 13.0. The topological polar surface area (TPSA) is 85.4 Å².